The van der Waals surface area contributed by atoms with Crippen molar-refractivity contribution >= 4 is 11.9 Å². The van der Waals surface area contributed by atoms with Gasteiger partial charge < -0.3 is 11.1 Å². The summed E-state index contributed by atoms with van der Waals surface area (Å²) in [4.78, 5) is 11.5. The standard InChI is InChI=1S/C8H13N5/c1-2-3-4-5-10-8-12-6-11-7(9)13-8/h3-4,6H,2,5H2,1H3,(H3,9,10,11,12,13)/b4-3+. The summed E-state index contributed by atoms with van der Waals surface area (Å²) in [6, 6.07) is 0. The smallest absolute Gasteiger partial charge is 0.227 e. The highest BCUT2D eigenvalue weighted by molar-refractivity contribution is 5.29. The number of anilines is 2. The highest BCUT2D eigenvalue weighted by atomic mass is 15.2. The van der Waals surface area contributed by atoms with Crippen LogP contribution in [-0.2, 0) is 0 Å². The Hall–Kier alpha value is -1.65. The van der Waals surface area contributed by atoms with E-state index in [1.807, 2.05) is 6.08 Å². The average molecular weight is 179 g/mol. The molecule has 70 valence electrons. The van der Waals surface area contributed by atoms with Gasteiger partial charge in [0.1, 0.15) is 6.33 Å². The van der Waals surface area contributed by atoms with Crippen LogP contribution in [0.5, 0.6) is 0 Å². The largest absolute Gasteiger partial charge is 0.368 e. The van der Waals surface area contributed by atoms with Crippen molar-refractivity contribution in [2.75, 3.05) is 17.6 Å². The van der Waals surface area contributed by atoms with Crippen LogP contribution in [0.1, 0.15) is 13.3 Å². The van der Waals surface area contributed by atoms with E-state index in [1.54, 1.807) is 0 Å². The summed E-state index contributed by atoms with van der Waals surface area (Å²) in [6.45, 7) is 2.79. The molecule has 0 aliphatic heterocycles. The lowest BCUT2D eigenvalue weighted by Crippen LogP contribution is -2.05. The van der Waals surface area contributed by atoms with Crippen LogP contribution >= 0.6 is 0 Å². The number of hydrogen-bond donors (Lipinski definition) is 2. The van der Waals surface area contributed by atoms with Crippen LogP contribution in [0.3, 0.4) is 0 Å². The van der Waals surface area contributed by atoms with E-state index in [0.29, 0.717) is 12.5 Å². The van der Waals surface area contributed by atoms with Gasteiger partial charge in [-0.15, -0.1) is 0 Å². The molecule has 0 saturated carbocycles. The maximum atomic E-state index is 5.37. The van der Waals surface area contributed by atoms with Gasteiger partial charge in [0, 0.05) is 6.54 Å². The maximum absolute atomic E-state index is 5.37. The summed E-state index contributed by atoms with van der Waals surface area (Å²) in [6.07, 6.45) is 6.49. The van der Waals surface area contributed by atoms with Gasteiger partial charge >= 0.3 is 0 Å². The Labute approximate surface area is 77.1 Å². The second-order valence-electron chi connectivity index (χ2n) is 2.43. The van der Waals surface area contributed by atoms with Crippen molar-refractivity contribution in [3.05, 3.63) is 18.5 Å². The first-order valence-corrected chi connectivity index (χ1v) is 4.16. The van der Waals surface area contributed by atoms with E-state index >= 15 is 0 Å². The third-order valence-electron chi connectivity index (χ3n) is 1.37. The van der Waals surface area contributed by atoms with Crippen LogP contribution in [0, 0.1) is 0 Å². The van der Waals surface area contributed by atoms with Crippen molar-refractivity contribution in [1.82, 2.24) is 15.0 Å². The molecule has 0 unspecified atom stereocenters. The molecule has 0 saturated heterocycles. The molecule has 0 aromatic carbocycles. The van der Waals surface area contributed by atoms with E-state index in [9.17, 15) is 0 Å². The number of hydrogen-bond acceptors (Lipinski definition) is 5. The average Bonchev–Trinajstić information content (AvgIpc) is 2.13. The van der Waals surface area contributed by atoms with E-state index in [4.69, 9.17) is 5.73 Å². The molecule has 1 aromatic rings. The molecule has 1 heterocycles. The van der Waals surface area contributed by atoms with E-state index in [2.05, 4.69) is 33.3 Å². The van der Waals surface area contributed by atoms with Crippen molar-refractivity contribution in [1.29, 1.82) is 0 Å². The van der Waals surface area contributed by atoms with Crippen molar-refractivity contribution in [2.24, 2.45) is 0 Å². The molecule has 1 aromatic heterocycles. The molecule has 13 heavy (non-hydrogen) atoms. The predicted molar refractivity (Wildman–Crippen MR) is 52.2 cm³/mol. The number of nitrogens with one attached hydrogen (secondary N) is 1. The molecule has 5 nitrogen and oxygen atoms in total. The monoisotopic (exact) mass is 179 g/mol. The van der Waals surface area contributed by atoms with E-state index in [-0.39, 0.29) is 5.95 Å². The molecule has 0 amide bonds. The lowest BCUT2D eigenvalue weighted by atomic mass is 10.4. The zero-order valence-electron chi connectivity index (χ0n) is 7.57. The van der Waals surface area contributed by atoms with Crippen LogP contribution in [0.25, 0.3) is 0 Å². The Kier molecular flexibility index (Phi) is 3.69. The van der Waals surface area contributed by atoms with Crippen LogP contribution in [0.4, 0.5) is 11.9 Å². The number of aromatic nitrogens is 3. The normalized spacial score (nSPS) is 10.5. The number of nitrogens with zero attached hydrogens (tertiary/aromatic N) is 3. The van der Waals surface area contributed by atoms with E-state index in [0.717, 1.165) is 6.42 Å². The van der Waals surface area contributed by atoms with Crippen LogP contribution < -0.4 is 11.1 Å². The van der Waals surface area contributed by atoms with Crippen molar-refractivity contribution in [3.8, 4) is 0 Å². The number of allylic oxidation sites excluding steroid dienone is 1. The summed E-state index contributed by atoms with van der Waals surface area (Å²) < 4.78 is 0. The lowest BCUT2D eigenvalue weighted by molar-refractivity contribution is 1.04. The number of nitrogen functional groups attached to an aromatic ring is 1. The van der Waals surface area contributed by atoms with Gasteiger partial charge in [0.25, 0.3) is 0 Å². The SMILES string of the molecule is CC/C=C/CNc1ncnc(N)n1. The van der Waals surface area contributed by atoms with Gasteiger partial charge in [-0.3, -0.25) is 0 Å². The minimum absolute atomic E-state index is 0.233. The number of nitrogens with two attached hydrogens (primary N) is 1. The molecule has 0 spiro atoms. The fourth-order valence-electron chi connectivity index (χ4n) is 0.794. The first-order chi connectivity index (χ1) is 6.33. The topological polar surface area (TPSA) is 76.7 Å². The summed E-state index contributed by atoms with van der Waals surface area (Å²) in [5.74, 6) is 0.741. The maximum Gasteiger partial charge on any atom is 0.227 e. The third kappa shape index (κ3) is 3.50. The quantitative estimate of drug-likeness (QED) is 0.669. The van der Waals surface area contributed by atoms with Crippen molar-refractivity contribution < 1.29 is 0 Å². The van der Waals surface area contributed by atoms with Crippen LogP contribution in [-0.4, -0.2) is 21.5 Å². The zero-order chi connectivity index (χ0) is 9.52. The summed E-state index contributed by atoms with van der Waals surface area (Å²) >= 11 is 0. The Morgan fingerprint density at radius 3 is 3.00 bits per heavy atom. The Morgan fingerprint density at radius 2 is 2.31 bits per heavy atom. The molecule has 5 heteroatoms. The van der Waals surface area contributed by atoms with Crippen LogP contribution in [0.15, 0.2) is 18.5 Å². The minimum atomic E-state index is 0.233. The second-order valence-corrected chi connectivity index (χ2v) is 2.43. The number of rotatable bonds is 4. The molecule has 3 N–H and O–H groups in total. The molecular weight excluding hydrogens is 166 g/mol. The third-order valence-corrected chi connectivity index (χ3v) is 1.37. The molecule has 0 atom stereocenters. The Balaban J connectivity index is 2.41. The predicted octanol–water partition coefficient (Wildman–Crippen LogP) is 0.832. The molecular formula is C8H13N5. The van der Waals surface area contributed by atoms with Gasteiger partial charge in [-0.2, -0.15) is 4.98 Å². The first kappa shape index (κ1) is 9.44. The molecule has 0 bridgehead atoms. The first-order valence-electron chi connectivity index (χ1n) is 4.16. The van der Waals surface area contributed by atoms with E-state index < -0.39 is 0 Å². The molecule has 1 rings (SSSR count). The van der Waals surface area contributed by atoms with Crippen molar-refractivity contribution in [3.63, 3.8) is 0 Å². The van der Waals surface area contributed by atoms with Gasteiger partial charge in [0.15, 0.2) is 0 Å². The summed E-state index contributed by atoms with van der Waals surface area (Å²) in [7, 11) is 0. The fraction of sp³-hybridized carbons (Fsp3) is 0.375. The molecule has 0 radical (unpaired) electrons. The van der Waals surface area contributed by atoms with Crippen molar-refractivity contribution in [2.45, 2.75) is 13.3 Å². The van der Waals surface area contributed by atoms with Gasteiger partial charge in [-0.05, 0) is 6.42 Å². The second kappa shape index (κ2) is 5.08. The summed E-state index contributed by atoms with van der Waals surface area (Å²) in [5, 5.41) is 2.99. The highest BCUT2D eigenvalue weighted by Crippen LogP contribution is 1.96. The highest BCUT2D eigenvalue weighted by Gasteiger charge is 1.93. The van der Waals surface area contributed by atoms with E-state index in [1.165, 1.54) is 6.33 Å². The van der Waals surface area contributed by atoms with Gasteiger partial charge in [-0.1, -0.05) is 19.1 Å². The van der Waals surface area contributed by atoms with Crippen LogP contribution in [0.2, 0.25) is 0 Å². The van der Waals surface area contributed by atoms with Gasteiger partial charge in [-0.25, -0.2) is 9.97 Å². The fourth-order valence-corrected chi connectivity index (χ4v) is 0.794. The Morgan fingerprint density at radius 1 is 1.46 bits per heavy atom. The minimum Gasteiger partial charge on any atom is -0.368 e. The molecule has 0 aliphatic rings. The zero-order valence-corrected chi connectivity index (χ0v) is 7.57. The molecule has 0 aliphatic carbocycles. The summed E-state index contributed by atoms with van der Waals surface area (Å²) in [5.41, 5.74) is 5.37. The molecule has 0 fully saturated rings. The van der Waals surface area contributed by atoms with Gasteiger partial charge in [0.2, 0.25) is 11.9 Å². The Bertz CT molecular complexity index is 284. The van der Waals surface area contributed by atoms with Gasteiger partial charge in [0.05, 0.1) is 0 Å². The lowest BCUT2D eigenvalue weighted by Gasteiger charge is -1.99.